The van der Waals surface area contributed by atoms with Crippen LogP contribution in [0, 0.1) is 12.8 Å². The molecule has 1 aromatic rings. The van der Waals surface area contributed by atoms with Crippen molar-refractivity contribution < 1.29 is 4.79 Å². The summed E-state index contributed by atoms with van der Waals surface area (Å²) in [6, 6.07) is 3.97. The summed E-state index contributed by atoms with van der Waals surface area (Å²) in [5.74, 6) is 1.46. The number of hydrogen-bond acceptors (Lipinski definition) is 3. The second-order valence-corrected chi connectivity index (χ2v) is 5.64. The van der Waals surface area contributed by atoms with E-state index in [1.54, 1.807) is 0 Å². The van der Waals surface area contributed by atoms with Crippen LogP contribution in [-0.2, 0) is 4.79 Å². The van der Waals surface area contributed by atoms with E-state index in [2.05, 4.69) is 15.2 Å². The average Bonchev–Trinajstić information content (AvgIpc) is 2.84. The molecule has 104 valence electrons. The molecule has 0 aromatic carbocycles. The Labute approximate surface area is 115 Å². The Balaban J connectivity index is 2.04. The number of carbonyl (C=O) groups is 1. The number of carbonyl (C=O) groups excluding carboxylic acids is 1. The fourth-order valence-electron chi connectivity index (χ4n) is 2.37. The van der Waals surface area contributed by atoms with Crippen molar-refractivity contribution in [1.82, 2.24) is 4.98 Å². The van der Waals surface area contributed by atoms with Crippen LogP contribution in [0.1, 0.15) is 38.8 Å². The summed E-state index contributed by atoms with van der Waals surface area (Å²) in [6.45, 7) is 8.21. The van der Waals surface area contributed by atoms with Crippen molar-refractivity contribution in [3.05, 3.63) is 17.8 Å². The Kier molecular flexibility index (Phi) is 4.40. The van der Waals surface area contributed by atoms with E-state index in [0.717, 1.165) is 30.3 Å². The van der Waals surface area contributed by atoms with Crippen molar-refractivity contribution in [3.63, 3.8) is 0 Å². The van der Waals surface area contributed by atoms with Gasteiger partial charge in [-0.15, -0.1) is 0 Å². The number of pyridine rings is 1. The number of amides is 1. The largest absolute Gasteiger partial charge is 0.357 e. The molecule has 1 aliphatic rings. The lowest BCUT2D eigenvalue weighted by molar-refractivity contribution is -0.116. The van der Waals surface area contributed by atoms with Crippen LogP contribution in [0.25, 0.3) is 0 Å². The van der Waals surface area contributed by atoms with Crippen molar-refractivity contribution >= 4 is 17.4 Å². The van der Waals surface area contributed by atoms with Gasteiger partial charge in [-0.2, -0.15) is 0 Å². The van der Waals surface area contributed by atoms with E-state index in [1.807, 2.05) is 32.9 Å². The zero-order valence-corrected chi connectivity index (χ0v) is 12.1. The first-order valence-electron chi connectivity index (χ1n) is 7.08. The van der Waals surface area contributed by atoms with Gasteiger partial charge >= 0.3 is 0 Å². The first-order valence-corrected chi connectivity index (χ1v) is 7.08. The number of hydrogen-bond donors (Lipinski definition) is 1. The molecule has 0 bridgehead atoms. The highest BCUT2D eigenvalue weighted by atomic mass is 16.1. The first-order chi connectivity index (χ1) is 9.06. The summed E-state index contributed by atoms with van der Waals surface area (Å²) in [5, 5.41) is 2.94. The lowest BCUT2D eigenvalue weighted by atomic mass is 10.1. The highest BCUT2D eigenvalue weighted by molar-refractivity contribution is 5.91. The molecule has 4 nitrogen and oxygen atoms in total. The number of anilines is 2. The molecule has 0 saturated carbocycles. The topological polar surface area (TPSA) is 45.2 Å². The Morgan fingerprint density at radius 3 is 2.63 bits per heavy atom. The van der Waals surface area contributed by atoms with Crippen molar-refractivity contribution in [2.45, 2.75) is 40.0 Å². The van der Waals surface area contributed by atoms with E-state index in [1.165, 1.54) is 12.8 Å². The normalized spacial score (nSPS) is 15.1. The summed E-state index contributed by atoms with van der Waals surface area (Å²) in [5.41, 5.74) is 1.72. The predicted octanol–water partition coefficient (Wildman–Crippen LogP) is 2.97. The van der Waals surface area contributed by atoms with E-state index < -0.39 is 0 Å². The zero-order chi connectivity index (χ0) is 13.8. The van der Waals surface area contributed by atoms with Gasteiger partial charge < -0.3 is 10.2 Å². The van der Waals surface area contributed by atoms with Gasteiger partial charge in [0, 0.05) is 19.5 Å². The molecular weight excluding hydrogens is 238 g/mol. The van der Waals surface area contributed by atoms with Crippen molar-refractivity contribution in [1.29, 1.82) is 0 Å². The quantitative estimate of drug-likeness (QED) is 0.906. The van der Waals surface area contributed by atoms with Gasteiger partial charge in [0.05, 0.1) is 11.4 Å². The molecule has 1 amide bonds. The maximum absolute atomic E-state index is 11.8. The Bertz CT molecular complexity index is 451. The van der Waals surface area contributed by atoms with Crippen molar-refractivity contribution in [2.24, 2.45) is 5.92 Å². The van der Waals surface area contributed by atoms with Crippen molar-refractivity contribution in [2.75, 3.05) is 23.3 Å². The van der Waals surface area contributed by atoms with Crippen LogP contribution in [0.2, 0.25) is 0 Å². The molecule has 1 N–H and O–H groups in total. The molecule has 2 rings (SSSR count). The van der Waals surface area contributed by atoms with E-state index in [9.17, 15) is 4.79 Å². The van der Waals surface area contributed by atoms with Gasteiger partial charge in [-0.3, -0.25) is 4.79 Å². The number of nitrogens with zero attached hydrogens (tertiary/aromatic N) is 2. The minimum absolute atomic E-state index is 0.0637. The zero-order valence-electron chi connectivity index (χ0n) is 12.1. The molecule has 0 radical (unpaired) electrons. The summed E-state index contributed by atoms with van der Waals surface area (Å²) >= 11 is 0. The molecule has 1 saturated heterocycles. The smallest absolute Gasteiger partial charge is 0.224 e. The number of aromatic nitrogens is 1. The second-order valence-electron chi connectivity index (χ2n) is 5.64. The van der Waals surface area contributed by atoms with Crippen LogP contribution in [0.3, 0.4) is 0 Å². The standard InChI is InChI=1S/C15H23N3O/c1-11(2)10-15(19)17-13-6-7-14(16-12(13)3)18-8-4-5-9-18/h6-7,11H,4-5,8-10H2,1-3H3,(H,17,19). The molecule has 1 aromatic heterocycles. The SMILES string of the molecule is Cc1nc(N2CCCC2)ccc1NC(=O)CC(C)C. The van der Waals surface area contributed by atoms with E-state index >= 15 is 0 Å². The minimum Gasteiger partial charge on any atom is -0.357 e. The lowest BCUT2D eigenvalue weighted by Gasteiger charge is -2.18. The predicted molar refractivity (Wildman–Crippen MR) is 78.5 cm³/mol. The highest BCUT2D eigenvalue weighted by Crippen LogP contribution is 2.22. The lowest BCUT2D eigenvalue weighted by Crippen LogP contribution is -2.20. The summed E-state index contributed by atoms with van der Waals surface area (Å²) in [4.78, 5) is 18.7. The molecular formula is C15H23N3O. The van der Waals surface area contributed by atoms with E-state index in [0.29, 0.717) is 12.3 Å². The van der Waals surface area contributed by atoms with Crippen LogP contribution in [0.5, 0.6) is 0 Å². The molecule has 4 heteroatoms. The maximum Gasteiger partial charge on any atom is 0.224 e. The van der Waals surface area contributed by atoms with E-state index in [4.69, 9.17) is 0 Å². The molecule has 19 heavy (non-hydrogen) atoms. The maximum atomic E-state index is 11.8. The third-order valence-electron chi connectivity index (χ3n) is 3.37. The van der Waals surface area contributed by atoms with Gasteiger partial charge in [-0.25, -0.2) is 4.98 Å². The minimum atomic E-state index is 0.0637. The molecule has 2 heterocycles. The average molecular weight is 261 g/mol. The van der Waals surface area contributed by atoms with Crippen LogP contribution in [-0.4, -0.2) is 24.0 Å². The third-order valence-corrected chi connectivity index (χ3v) is 3.37. The molecule has 1 fully saturated rings. The summed E-state index contributed by atoms with van der Waals surface area (Å²) in [7, 11) is 0. The van der Waals surface area contributed by atoms with Crippen molar-refractivity contribution in [3.8, 4) is 0 Å². The van der Waals surface area contributed by atoms with Crippen LogP contribution in [0.15, 0.2) is 12.1 Å². The van der Waals surface area contributed by atoms with Gasteiger partial charge in [0.15, 0.2) is 0 Å². The van der Waals surface area contributed by atoms with Gasteiger partial charge in [-0.05, 0) is 37.8 Å². The Hall–Kier alpha value is -1.58. The molecule has 0 aliphatic carbocycles. The van der Waals surface area contributed by atoms with Gasteiger partial charge in [0.1, 0.15) is 5.82 Å². The second kappa shape index (κ2) is 6.04. The fraction of sp³-hybridized carbons (Fsp3) is 0.600. The molecule has 1 aliphatic heterocycles. The van der Waals surface area contributed by atoms with Crippen LogP contribution in [0.4, 0.5) is 11.5 Å². The number of nitrogens with one attached hydrogen (secondary N) is 1. The Morgan fingerprint density at radius 2 is 2.05 bits per heavy atom. The Morgan fingerprint density at radius 1 is 1.37 bits per heavy atom. The van der Waals surface area contributed by atoms with Gasteiger partial charge in [-0.1, -0.05) is 13.8 Å². The fourth-order valence-corrected chi connectivity index (χ4v) is 2.37. The molecule has 0 atom stereocenters. The first kappa shape index (κ1) is 13.8. The highest BCUT2D eigenvalue weighted by Gasteiger charge is 2.15. The van der Waals surface area contributed by atoms with Crippen LogP contribution < -0.4 is 10.2 Å². The van der Waals surface area contributed by atoms with Gasteiger partial charge in [0.25, 0.3) is 0 Å². The molecule has 0 unspecified atom stereocenters. The van der Waals surface area contributed by atoms with E-state index in [-0.39, 0.29) is 5.91 Å². The number of aryl methyl sites for hydroxylation is 1. The summed E-state index contributed by atoms with van der Waals surface area (Å²) in [6.07, 6.45) is 3.04. The molecule has 0 spiro atoms. The number of rotatable bonds is 4. The van der Waals surface area contributed by atoms with Gasteiger partial charge in [0.2, 0.25) is 5.91 Å². The summed E-state index contributed by atoms with van der Waals surface area (Å²) < 4.78 is 0. The monoisotopic (exact) mass is 261 g/mol. The third kappa shape index (κ3) is 3.69. The van der Waals surface area contributed by atoms with Crippen LogP contribution >= 0.6 is 0 Å².